The van der Waals surface area contributed by atoms with E-state index in [9.17, 15) is 9.59 Å². The minimum atomic E-state index is -0.523. The highest BCUT2D eigenvalue weighted by Crippen LogP contribution is 2.37. The summed E-state index contributed by atoms with van der Waals surface area (Å²) in [5.41, 5.74) is 2.54. The zero-order valence-electron chi connectivity index (χ0n) is 20.2. The van der Waals surface area contributed by atoms with Crippen LogP contribution in [0.15, 0.2) is 102 Å². The van der Waals surface area contributed by atoms with Crippen LogP contribution in [0.5, 0.6) is 11.5 Å². The van der Waals surface area contributed by atoms with E-state index in [2.05, 4.69) is 10.6 Å². The number of ether oxygens (including phenoxy) is 2. The number of thioether (sulfide) groups is 1. The van der Waals surface area contributed by atoms with Gasteiger partial charge in [-0.3, -0.25) is 9.59 Å². The summed E-state index contributed by atoms with van der Waals surface area (Å²) in [5.74, 6) is 0.714. The largest absolute Gasteiger partial charge is 0.497 e. The zero-order valence-corrected chi connectivity index (χ0v) is 21.8. The topological polar surface area (TPSA) is 76.7 Å². The second-order valence-corrected chi connectivity index (χ2v) is 9.60. The van der Waals surface area contributed by atoms with Gasteiger partial charge in [-0.1, -0.05) is 48.0 Å². The Labute approximate surface area is 225 Å². The van der Waals surface area contributed by atoms with Gasteiger partial charge in [-0.2, -0.15) is 0 Å². The molecule has 0 bridgehead atoms. The standard InChI is InChI=1S/C29H25ClN2O4S/c1-35-24-16-23(17-25(18-24)36-2)32-29(34)27(19-7-4-3-5-8-19)37-26-13-11-22(12-14-26)31-28(33)20-9-6-10-21(30)15-20/h3-18,27H,1-2H3,(H,31,33)(H,32,34). The molecule has 1 unspecified atom stereocenters. The predicted molar refractivity (Wildman–Crippen MR) is 149 cm³/mol. The van der Waals surface area contributed by atoms with Gasteiger partial charge in [0.1, 0.15) is 16.7 Å². The average molecular weight is 533 g/mol. The molecule has 0 saturated heterocycles. The molecule has 0 saturated carbocycles. The van der Waals surface area contributed by atoms with E-state index in [0.717, 1.165) is 10.5 Å². The van der Waals surface area contributed by atoms with E-state index in [4.69, 9.17) is 21.1 Å². The van der Waals surface area contributed by atoms with Crippen molar-refractivity contribution in [3.05, 3.63) is 113 Å². The molecule has 1 atom stereocenters. The van der Waals surface area contributed by atoms with Gasteiger partial charge >= 0.3 is 0 Å². The molecule has 188 valence electrons. The molecule has 0 radical (unpaired) electrons. The SMILES string of the molecule is COc1cc(NC(=O)C(Sc2ccc(NC(=O)c3cccc(Cl)c3)cc2)c2ccccc2)cc(OC)c1. The van der Waals surface area contributed by atoms with Gasteiger partial charge in [0.15, 0.2) is 0 Å². The molecule has 2 N–H and O–H groups in total. The van der Waals surface area contributed by atoms with Gasteiger partial charge in [-0.05, 0) is 48.0 Å². The van der Waals surface area contributed by atoms with Gasteiger partial charge in [-0.15, -0.1) is 11.8 Å². The molecule has 0 heterocycles. The Morgan fingerprint density at radius 1 is 0.757 bits per heavy atom. The highest BCUT2D eigenvalue weighted by molar-refractivity contribution is 8.00. The maximum atomic E-state index is 13.4. The van der Waals surface area contributed by atoms with Gasteiger partial charge in [0, 0.05) is 45.1 Å². The lowest BCUT2D eigenvalue weighted by atomic mass is 10.1. The first-order valence-electron chi connectivity index (χ1n) is 11.4. The van der Waals surface area contributed by atoms with E-state index < -0.39 is 5.25 Å². The fourth-order valence-corrected chi connectivity index (χ4v) is 4.79. The van der Waals surface area contributed by atoms with Gasteiger partial charge in [0.25, 0.3) is 5.91 Å². The summed E-state index contributed by atoms with van der Waals surface area (Å²) in [6, 6.07) is 28.9. The quantitative estimate of drug-likeness (QED) is 0.225. The van der Waals surface area contributed by atoms with Crippen LogP contribution in [0.2, 0.25) is 5.02 Å². The maximum Gasteiger partial charge on any atom is 0.255 e. The Kier molecular flexibility index (Phi) is 8.72. The van der Waals surface area contributed by atoms with Crippen LogP contribution in [0.1, 0.15) is 21.2 Å². The summed E-state index contributed by atoms with van der Waals surface area (Å²) >= 11 is 7.40. The fourth-order valence-electron chi connectivity index (χ4n) is 3.57. The highest BCUT2D eigenvalue weighted by atomic mass is 35.5. The van der Waals surface area contributed by atoms with Crippen molar-refractivity contribution in [2.24, 2.45) is 0 Å². The second-order valence-electron chi connectivity index (χ2n) is 7.99. The van der Waals surface area contributed by atoms with Crippen molar-refractivity contribution in [2.45, 2.75) is 10.1 Å². The van der Waals surface area contributed by atoms with Crippen molar-refractivity contribution < 1.29 is 19.1 Å². The van der Waals surface area contributed by atoms with Gasteiger partial charge in [-0.25, -0.2) is 0 Å². The number of rotatable bonds is 9. The Hall–Kier alpha value is -3.94. The van der Waals surface area contributed by atoms with Crippen molar-refractivity contribution >= 4 is 46.6 Å². The molecular formula is C29H25ClN2O4S. The molecule has 8 heteroatoms. The van der Waals surface area contributed by atoms with Gasteiger partial charge in [0.2, 0.25) is 5.91 Å². The molecule has 0 aliphatic rings. The predicted octanol–water partition coefficient (Wildman–Crippen LogP) is 7.08. The Morgan fingerprint density at radius 3 is 2.05 bits per heavy atom. The molecule has 0 aliphatic heterocycles. The van der Waals surface area contributed by atoms with E-state index in [1.165, 1.54) is 11.8 Å². The first-order valence-corrected chi connectivity index (χ1v) is 12.6. The summed E-state index contributed by atoms with van der Waals surface area (Å²) in [7, 11) is 3.12. The third kappa shape index (κ3) is 7.06. The zero-order chi connectivity index (χ0) is 26.2. The summed E-state index contributed by atoms with van der Waals surface area (Å²) in [6.45, 7) is 0. The fraction of sp³-hybridized carbons (Fsp3) is 0.103. The van der Waals surface area contributed by atoms with Crippen LogP contribution in [0.4, 0.5) is 11.4 Å². The molecule has 0 aromatic heterocycles. The van der Waals surface area contributed by atoms with E-state index in [0.29, 0.717) is 33.5 Å². The number of amides is 2. The van der Waals surface area contributed by atoms with Crippen molar-refractivity contribution in [1.29, 1.82) is 0 Å². The van der Waals surface area contributed by atoms with Crippen molar-refractivity contribution in [2.75, 3.05) is 24.9 Å². The molecular weight excluding hydrogens is 508 g/mol. The molecule has 0 spiro atoms. The van der Waals surface area contributed by atoms with Crippen LogP contribution in [0.25, 0.3) is 0 Å². The summed E-state index contributed by atoms with van der Waals surface area (Å²) < 4.78 is 10.6. The first kappa shape index (κ1) is 26.1. The smallest absolute Gasteiger partial charge is 0.255 e. The molecule has 4 rings (SSSR count). The third-order valence-corrected chi connectivity index (χ3v) is 6.91. The molecule has 0 fully saturated rings. The number of benzene rings is 4. The lowest BCUT2D eigenvalue weighted by molar-refractivity contribution is -0.115. The summed E-state index contributed by atoms with van der Waals surface area (Å²) in [4.78, 5) is 26.8. The molecule has 4 aromatic rings. The van der Waals surface area contributed by atoms with Crippen LogP contribution < -0.4 is 20.1 Å². The van der Waals surface area contributed by atoms with Crippen molar-refractivity contribution in [3.63, 3.8) is 0 Å². The van der Waals surface area contributed by atoms with E-state index >= 15 is 0 Å². The number of carbonyl (C=O) groups excluding carboxylic acids is 2. The third-order valence-electron chi connectivity index (χ3n) is 5.41. The lowest BCUT2D eigenvalue weighted by Gasteiger charge is -2.18. The molecule has 0 aliphatic carbocycles. The van der Waals surface area contributed by atoms with Crippen LogP contribution in [0, 0.1) is 0 Å². The monoisotopic (exact) mass is 532 g/mol. The minimum Gasteiger partial charge on any atom is -0.497 e. The number of halogens is 1. The number of anilines is 2. The van der Waals surface area contributed by atoms with Crippen molar-refractivity contribution in [3.8, 4) is 11.5 Å². The van der Waals surface area contributed by atoms with E-state index in [1.54, 1.807) is 68.8 Å². The highest BCUT2D eigenvalue weighted by Gasteiger charge is 2.23. The summed E-state index contributed by atoms with van der Waals surface area (Å²) in [5, 5.41) is 5.82. The molecule has 4 aromatic carbocycles. The molecule has 37 heavy (non-hydrogen) atoms. The molecule has 6 nitrogen and oxygen atoms in total. The van der Waals surface area contributed by atoms with Gasteiger partial charge < -0.3 is 20.1 Å². The second kappa shape index (κ2) is 12.3. The first-order chi connectivity index (χ1) is 17.9. The average Bonchev–Trinajstić information content (AvgIpc) is 2.92. The van der Waals surface area contributed by atoms with Crippen LogP contribution in [-0.4, -0.2) is 26.0 Å². The number of hydrogen-bond acceptors (Lipinski definition) is 5. The summed E-state index contributed by atoms with van der Waals surface area (Å²) in [6.07, 6.45) is 0. The van der Waals surface area contributed by atoms with E-state index in [1.807, 2.05) is 42.5 Å². The lowest BCUT2D eigenvalue weighted by Crippen LogP contribution is -2.19. The number of methoxy groups -OCH3 is 2. The Morgan fingerprint density at radius 2 is 1.43 bits per heavy atom. The number of carbonyl (C=O) groups is 2. The number of nitrogens with one attached hydrogen (secondary N) is 2. The van der Waals surface area contributed by atoms with Crippen LogP contribution >= 0.6 is 23.4 Å². The Bertz CT molecular complexity index is 1360. The Balaban J connectivity index is 1.51. The normalized spacial score (nSPS) is 11.3. The van der Waals surface area contributed by atoms with Crippen LogP contribution in [-0.2, 0) is 4.79 Å². The van der Waals surface area contributed by atoms with Gasteiger partial charge in [0.05, 0.1) is 14.2 Å². The maximum absolute atomic E-state index is 13.4. The minimum absolute atomic E-state index is 0.190. The number of hydrogen-bond donors (Lipinski definition) is 2. The molecule has 2 amide bonds. The van der Waals surface area contributed by atoms with Crippen molar-refractivity contribution in [1.82, 2.24) is 0 Å². The van der Waals surface area contributed by atoms with Crippen LogP contribution in [0.3, 0.4) is 0 Å². The van der Waals surface area contributed by atoms with E-state index in [-0.39, 0.29) is 11.8 Å².